The number of H-pyrrole nitrogens is 1. The SMILES string of the molecule is O=C1CCC(N2Cc3c(cc(F)cc3C3CCN(Cc4cnc5cc[nH]c5c4)CC3)C2=O)C(=O)N1. The molecule has 1 unspecified atom stereocenters. The molecule has 0 aliphatic carbocycles. The molecule has 8 nitrogen and oxygen atoms in total. The highest BCUT2D eigenvalue weighted by atomic mass is 19.1. The fourth-order valence-corrected chi connectivity index (χ4v) is 5.74. The standard InChI is InChI=1S/C26H26FN5O3/c27-17-10-18(20-14-32(26(35)19(20)11-17)23-1-2-24(33)30-25(23)34)16-4-7-31(8-5-16)13-15-9-22-21(29-12-15)3-6-28-22/h3,6,9-12,16,23,28H,1-2,4-5,7-8,13-14H2,(H,30,33,34). The summed E-state index contributed by atoms with van der Waals surface area (Å²) in [6.45, 7) is 2.81. The lowest BCUT2D eigenvalue weighted by molar-refractivity contribution is -0.136. The molecule has 3 aromatic rings. The van der Waals surface area contributed by atoms with E-state index in [1.54, 1.807) is 6.07 Å². The van der Waals surface area contributed by atoms with Crippen molar-refractivity contribution in [3.8, 4) is 0 Å². The second-order valence-corrected chi connectivity index (χ2v) is 9.73. The molecule has 2 aromatic heterocycles. The molecule has 3 amide bonds. The van der Waals surface area contributed by atoms with E-state index in [4.69, 9.17) is 0 Å². The Morgan fingerprint density at radius 3 is 2.71 bits per heavy atom. The molecule has 2 saturated heterocycles. The van der Waals surface area contributed by atoms with E-state index in [9.17, 15) is 18.8 Å². The Hall–Kier alpha value is -3.59. The van der Waals surface area contributed by atoms with E-state index in [1.807, 2.05) is 18.5 Å². The number of aromatic nitrogens is 2. The molecule has 5 heterocycles. The Morgan fingerprint density at radius 2 is 1.91 bits per heavy atom. The minimum absolute atomic E-state index is 0.147. The molecule has 0 radical (unpaired) electrons. The van der Waals surface area contributed by atoms with Crippen LogP contribution in [-0.4, -0.2) is 56.6 Å². The van der Waals surface area contributed by atoms with Crippen molar-refractivity contribution >= 4 is 28.8 Å². The van der Waals surface area contributed by atoms with E-state index < -0.39 is 17.8 Å². The zero-order chi connectivity index (χ0) is 24.1. The number of carbonyl (C=O) groups excluding carboxylic acids is 3. The van der Waals surface area contributed by atoms with Crippen LogP contribution in [0, 0.1) is 5.82 Å². The van der Waals surface area contributed by atoms with E-state index in [1.165, 1.54) is 11.0 Å². The van der Waals surface area contributed by atoms with Crippen LogP contribution in [0.1, 0.15) is 58.6 Å². The van der Waals surface area contributed by atoms with Gasteiger partial charge in [-0.2, -0.15) is 0 Å². The number of piperidine rings is 2. The number of rotatable bonds is 4. The molecule has 2 N–H and O–H groups in total. The van der Waals surface area contributed by atoms with Gasteiger partial charge in [0.15, 0.2) is 0 Å². The van der Waals surface area contributed by atoms with E-state index in [0.717, 1.165) is 60.2 Å². The van der Waals surface area contributed by atoms with Crippen molar-refractivity contribution in [2.24, 2.45) is 0 Å². The monoisotopic (exact) mass is 475 g/mol. The van der Waals surface area contributed by atoms with Crippen LogP contribution < -0.4 is 5.32 Å². The van der Waals surface area contributed by atoms with Gasteiger partial charge in [0, 0.05) is 37.5 Å². The molecule has 35 heavy (non-hydrogen) atoms. The van der Waals surface area contributed by atoms with E-state index >= 15 is 0 Å². The third-order valence-corrected chi connectivity index (χ3v) is 7.54. The van der Waals surface area contributed by atoms with Gasteiger partial charge in [0.25, 0.3) is 5.91 Å². The summed E-state index contributed by atoms with van der Waals surface area (Å²) < 4.78 is 14.6. The van der Waals surface area contributed by atoms with Gasteiger partial charge in [0.1, 0.15) is 11.9 Å². The average molecular weight is 476 g/mol. The Labute approximate surface area is 201 Å². The molecule has 6 rings (SSSR count). The smallest absolute Gasteiger partial charge is 0.255 e. The van der Waals surface area contributed by atoms with Crippen LogP contribution in [-0.2, 0) is 22.7 Å². The third-order valence-electron chi connectivity index (χ3n) is 7.54. The van der Waals surface area contributed by atoms with Crippen LogP contribution in [0.25, 0.3) is 11.0 Å². The number of fused-ring (bicyclic) bond motifs is 2. The maximum absolute atomic E-state index is 14.6. The van der Waals surface area contributed by atoms with Crippen molar-refractivity contribution in [1.82, 2.24) is 25.1 Å². The van der Waals surface area contributed by atoms with Crippen molar-refractivity contribution in [3.05, 3.63) is 64.7 Å². The molecule has 3 aliphatic rings. The van der Waals surface area contributed by atoms with Gasteiger partial charge in [-0.25, -0.2) is 4.39 Å². The van der Waals surface area contributed by atoms with Crippen LogP contribution >= 0.6 is 0 Å². The minimum atomic E-state index is -0.698. The van der Waals surface area contributed by atoms with Gasteiger partial charge in [-0.1, -0.05) is 0 Å². The quantitative estimate of drug-likeness (QED) is 0.566. The Bertz CT molecular complexity index is 1340. The average Bonchev–Trinajstić information content (AvgIpc) is 3.44. The molecule has 2 fully saturated rings. The molecular weight excluding hydrogens is 449 g/mol. The first-order valence-corrected chi connectivity index (χ1v) is 12.1. The molecule has 180 valence electrons. The van der Waals surface area contributed by atoms with Gasteiger partial charge in [-0.3, -0.25) is 29.6 Å². The van der Waals surface area contributed by atoms with Crippen LogP contribution in [0.15, 0.2) is 36.7 Å². The van der Waals surface area contributed by atoms with Crippen LogP contribution in [0.4, 0.5) is 4.39 Å². The lowest BCUT2D eigenvalue weighted by Crippen LogP contribution is -2.52. The second kappa shape index (κ2) is 8.57. The number of carbonyl (C=O) groups is 3. The zero-order valence-electron chi connectivity index (χ0n) is 19.2. The lowest BCUT2D eigenvalue weighted by atomic mass is 9.85. The van der Waals surface area contributed by atoms with Gasteiger partial charge in [-0.05, 0) is 79.2 Å². The van der Waals surface area contributed by atoms with Gasteiger partial charge in [0.2, 0.25) is 11.8 Å². The maximum atomic E-state index is 14.6. The summed E-state index contributed by atoms with van der Waals surface area (Å²) in [5.74, 6) is -1.39. The number of aromatic amines is 1. The summed E-state index contributed by atoms with van der Waals surface area (Å²) in [5.41, 5.74) is 5.16. The summed E-state index contributed by atoms with van der Waals surface area (Å²) in [5, 5.41) is 2.32. The van der Waals surface area contributed by atoms with Crippen molar-refractivity contribution in [3.63, 3.8) is 0 Å². The molecule has 1 aromatic carbocycles. The molecule has 3 aliphatic heterocycles. The van der Waals surface area contributed by atoms with Crippen LogP contribution in [0.5, 0.6) is 0 Å². The second-order valence-electron chi connectivity index (χ2n) is 9.73. The Morgan fingerprint density at radius 1 is 1.09 bits per heavy atom. The van der Waals surface area contributed by atoms with Crippen molar-refractivity contribution in [2.75, 3.05) is 13.1 Å². The number of nitrogens with zero attached hydrogens (tertiary/aromatic N) is 3. The maximum Gasteiger partial charge on any atom is 0.255 e. The number of nitrogens with one attached hydrogen (secondary N) is 2. The van der Waals surface area contributed by atoms with Crippen molar-refractivity contribution in [2.45, 2.75) is 50.7 Å². The number of imide groups is 1. The number of amides is 3. The molecule has 1 atom stereocenters. The number of hydrogen-bond acceptors (Lipinski definition) is 5. The van der Waals surface area contributed by atoms with E-state index in [-0.39, 0.29) is 30.7 Å². The number of pyridine rings is 1. The van der Waals surface area contributed by atoms with Crippen LogP contribution in [0.2, 0.25) is 0 Å². The van der Waals surface area contributed by atoms with Gasteiger partial charge in [0.05, 0.1) is 11.0 Å². The van der Waals surface area contributed by atoms with Crippen LogP contribution in [0.3, 0.4) is 0 Å². The van der Waals surface area contributed by atoms with E-state index in [2.05, 4.69) is 26.3 Å². The van der Waals surface area contributed by atoms with Gasteiger partial charge < -0.3 is 9.88 Å². The number of halogens is 1. The highest BCUT2D eigenvalue weighted by molar-refractivity contribution is 6.05. The fraction of sp³-hybridized carbons (Fsp3) is 0.385. The van der Waals surface area contributed by atoms with E-state index in [0.29, 0.717) is 12.0 Å². The molecule has 9 heteroatoms. The first-order valence-electron chi connectivity index (χ1n) is 12.1. The van der Waals surface area contributed by atoms with Gasteiger partial charge in [-0.15, -0.1) is 0 Å². The lowest BCUT2D eigenvalue weighted by Gasteiger charge is -2.33. The normalized spacial score (nSPS) is 21.6. The largest absolute Gasteiger partial charge is 0.360 e. The number of likely N-dealkylation sites (tertiary alicyclic amines) is 1. The summed E-state index contributed by atoms with van der Waals surface area (Å²) in [4.78, 5) is 48.6. The Balaban J connectivity index is 1.17. The molecule has 0 spiro atoms. The van der Waals surface area contributed by atoms with Crippen molar-refractivity contribution in [1.29, 1.82) is 0 Å². The summed E-state index contributed by atoms with van der Waals surface area (Å²) >= 11 is 0. The first kappa shape index (κ1) is 21.9. The first-order chi connectivity index (χ1) is 17.0. The molecule has 0 bridgehead atoms. The minimum Gasteiger partial charge on any atom is -0.360 e. The number of hydrogen-bond donors (Lipinski definition) is 2. The zero-order valence-corrected chi connectivity index (χ0v) is 19.2. The molecule has 0 saturated carbocycles. The highest BCUT2D eigenvalue weighted by Gasteiger charge is 2.41. The van der Waals surface area contributed by atoms with Gasteiger partial charge >= 0.3 is 0 Å². The predicted molar refractivity (Wildman–Crippen MR) is 126 cm³/mol. The molecular formula is C26H26FN5O3. The van der Waals surface area contributed by atoms with Crippen molar-refractivity contribution < 1.29 is 18.8 Å². The summed E-state index contributed by atoms with van der Waals surface area (Å²) in [6.07, 6.45) is 6.01. The third kappa shape index (κ3) is 3.99. The predicted octanol–water partition coefficient (Wildman–Crippen LogP) is 2.84. The summed E-state index contributed by atoms with van der Waals surface area (Å²) in [7, 11) is 0. The highest BCUT2D eigenvalue weighted by Crippen LogP contribution is 2.38. The fourth-order valence-electron chi connectivity index (χ4n) is 5.74. The summed E-state index contributed by atoms with van der Waals surface area (Å²) in [6, 6.07) is 6.23. The topological polar surface area (TPSA) is 98.4 Å². The Kier molecular flexibility index (Phi) is 5.36. The number of benzene rings is 1.